The lowest BCUT2D eigenvalue weighted by atomic mass is 10.0. The van der Waals surface area contributed by atoms with Gasteiger partial charge in [-0.1, -0.05) is 6.07 Å². The molecule has 1 saturated heterocycles. The van der Waals surface area contributed by atoms with Crippen LogP contribution in [0.25, 0.3) is 0 Å². The van der Waals surface area contributed by atoms with Crippen molar-refractivity contribution in [2.24, 2.45) is 5.73 Å². The molecular weight excluding hydrogens is 304 g/mol. The number of hydrogen-bond donors (Lipinski definition) is 2. The van der Waals surface area contributed by atoms with E-state index in [1.54, 1.807) is 0 Å². The maximum atomic E-state index is 7.78. The molecule has 5 heteroatoms. The molecule has 0 aliphatic carbocycles. The lowest BCUT2D eigenvalue weighted by Gasteiger charge is -2.38. The van der Waals surface area contributed by atoms with Crippen molar-refractivity contribution < 1.29 is 0 Å². The number of anilines is 1. The van der Waals surface area contributed by atoms with Gasteiger partial charge in [0.25, 0.3) is 0 Å². The maximum absolute atomic E-state index is 7.78. The lowest BCUT2D eigenvalue weighted by molar-refractivity contribution is 0.258. The van der Waals surface area contributed by atoms with Crippen LogP contribution in [0.3, 0.4) is 0 Å². The summed E-state index contributed by atoms with van der Waals surface area (Å²) in [4.78, 5) is 4.62. The summed E-state index contributed by atoms with van der Waals surface area (Å²) in [6.45, 7) is 2.02. The highest BCUT2D eigenvalue weighted by molar-refractivity contribution is 9.10. The van der Waals surface area contributed by atoms with E-state index in [1.807, 2.05) is 12.1 Å². The van der Waals surface area contributed by atoms with Crippen molar-refractivity contribution >= 4 is 27.5 Å². The molecule has 1 unspecified atom stereocenters. The van der Waals surface area contributed by atoms with Gasteiger partial charge in [0.1, 0.15) is 5.84 Å². The van der Waals surface area contributed by atoms with Gasteiger partial charge in [0.15, 0.2) is 0 Å². The number of nitrogen functional groups attached to an aromatic ring is 1. The first kappa shape index (κ1) is 14.3. The van der Waals surface area contributed by atoms with Crippen LogP contribution in [0, 0.1) is 5.41 Å². The molecule has 0 radical (unpaired) electrons. The fourth-order valence-corrected chi connectivity index (χ4v) is 3.21. The molecule has 1 heterocycles. The maximum Gasteiger partial charge on any atom is 0.126 e. The molecule has 4 nitrogen and oxygen atoms in total. The van der Waals surface area contributed by atoms with Crippen LogP contribution >= 0.6 is 15.9 Å². The lowest BCUT2D eigenvalue weighted by Crippen LogP contribution is -2.45. The first-order valence-corrected chi connectivity index (χ1v) is 7.34. The van der Waals surface area contributed by atoms with Crippen molar-refractivity contribution in [3.05, 3.63) is 28.2 Å². The van der Waals surface area contributed by atoms with Crippen LogP contribution in [0.2, 0.25) is 0 Å². The Kier molecular flexibility index (Phi) is 4.47. The van der Waals surface area contributed by atoms with E-state index in [0.29, 0.717) is 6.04 Å². The van der Waals surface area contributed by atoms with E-state index in [1.165, 1.54) is 12.8 Å². The number of halogens is 1. The molecule has 0 bridgehead atoms. The Morgan fingerprint density at radius 2 is 2.21 bits per heavy atom. The van der Waals surface area contributed by atoms with Crippen molar-refractivity contribution in [3.8, 4) is 0 Å². The number of likely N-dealkylation sites (N-methyl/N-ethyl adjacent to an activating group) is 1. The van der Waals surface area contributed by atoms with Gasteiger partial charge in [0.05, 0.1) is 5.56 Å². The van der Waals surface area contributed by atoms with E-state index in [4.69, 9.17) is 11.1 Å². The van der Waals surface area contributed by atoms with Gasteiger partial charge < -0.3 is 15.5 Å². The fraction of sp³-hybridized carbons (Fsp3) is 0.500. The second-order valence-electron chi connectivity index (χ2n) is 5.25. The van der Waals surface area contributed by atoms with E-state index in [0.717, 1.165) is 28.8 Å². The third-order valence-electron chi connectivity index (χ3n) is 3.73. The quantitative estimate of drug-likeness (QED) is 0.662. The van der Waals surface area contributed by atoms with Crippen LogP contribution in [0.4, 0.5) is 5.69 Å². The van der Waals surface area contributed by atoms with Crippen LogP contribution < -0.4 is 10.6 Å². The Hall–Kier alpha value is -1.07. The van der Waals surface area contributed by atoms with E-state index < -0.39 is 0 Å². The number of amidine groups is 1. The van der Waals surface area contributed by atoms with Gasteiger partial charge in [-0.25, -0.2) is 0 Å². The topological polar surface area (TPSA) is 56.4 Å². The summed E-state index contributed by atoms with van der Waals surface area (Å²) < 4.78 is 0.893. The molecule has 19 heavy (non-hydrogen) atoms. The van der Waals surface area contributed by atoms with Crippen LogP contribution in [0.5, 0.6) is 0 Å². The highest BCUT2D eigenvalue weighted by Gasteiger charge is 2.24. The van der Waals surface area contributed by atoms with Crippen molar-refractivity contribution in [1.29, 1.82) is 5.41 Å². The largest absolute Gasteiger partial charge is 0.384 e. The molecular formula is C14H21BrN4. The average molecular weight is 325 g/mol. The molecule has 1 fully saturated rings. The predicted molar refractivity (Wildman–Crippen MR) is 84.1 cm³/mol. The molecule has 2 rings (SSSR count). The monoisotopic (exact) mass is 324 g/mol. The molecule has 1 aliphatic rings. The predicted octanol–water partition coefficient (Wildman–Crippen LogP) is 2.26. The van der Waals surface area contributed by atoms with Gasteiger partial charge in [-0.3, -0.25) is 5.41 Å². The number of rotatable bonds is 3. The summed E-state index contributed by atoms with van der Waals surface area (Å²) in [6, 6.07) is 6.56. The SMILES string of the molecule is CN(C)C1CCCN(c2cccc(Br)c2C(=N)N)C1. The molecule has 1 atom stereocenters. The summed E-state index contributed by atoms with van der Waals surface area (Å²) in [5, 5.41) is 7.78. The molecule has 1 aromatic rings. The second-order valence-corrected chi connectivity index (χ2v) is 6.11. The van der Waals surface area contributed by atoms with E-state index in [9.17, 15) is 0 Å². The van der Waals surface area contributed by atoms with E-state index in [2.05, 4.69) is 45.9 Å². The third-order valence-corrected chi connectivity index (χ3v) is 4.39. The number of nitrogens with two attached hydrogens (primary N) is 1. The van der Waals surface area contributed by atoms with Gasteiger partial charge >= 0.3 is 0 Å². The summed E-state index contributed by atoms with van der Waals surface area (Å²) in [7, 11) is 4.25. The molecule has 0 saturated carbocycles. The summed E-state index contributed by atoms with van der Waals surface area (Å²) >= 11 is 3.50. The molecule has 3 N–H and O–H groups in total. The van der Waals surface area contributed by atoms with Crippen molar-refractivity contribution in [3.63, 3.8) is 0 Å². The van der Waals surface area contributed by atoms with Crippen LogP contribution in [0.15, 0.2) is 22.7 Å². The van der Waals surface area contributed by atoms with Crippen LogP contribution in [-0.2, 0) is 0 Å². The number of hydrogen-bond acceptors (Lipinski definition) is 3. The standard InChI is InChI=1S/C14H21BrN4/c1-18(2)10-5-4-8-19(9-10)12-7-3-6-11(15)13(12)14(16)17/h3,6-7,10H,4-5,8-9H2,1-2H3,(H3,16,17). The Morgan fingerprint density at radius 1 is 1.47 bits per heavy atom. The van der Waals surface area contributed by atoms with E-state index in [-0.39, 0.29) is 5.84 Å². The van der Waals surface area contributed by atoms with Crippen molar-refractivity contribution in [2.45, 2.75) is 18.9 Å². The summed E-state index contributed by atoms with van der Waals surface area (Å²) in [5.41, 5.74) is 7.60. The Bertz CT molecular complexity index is 473. The minimum atomic E-state index is 0.120. The zero-order valence-electron chi connectivity index (χ0n) is 11.5. The molecule has 0 aromatic heterocycles. The van der Waals surface area contributed by atoms with Crippen molar-refractivity contribution in [1.82, 2.24) is 4.90 Å². The first-order chi connectivity index (χ1) is 9.00. The van der Waals surface area contributed by atoms with E-state index >= 15 is 0 Å². The van der Waals surface area contributed by atoms with Crippen LogP contribution in [-0.4, -0.2) is 44.0 Å². The van der Waals surface area contributed by atoms with Gasteiger partial charge in [-0.05, 0) is 55.0 Å². The number of benzene rings is 1. The number of nitrogens with zero attached hydrogens (tertiary/aromatic N) is 2. The van der Waals surface area contributed by atoms with Gasteiger partial charge in [0, 0.05) is 29.3 Å². The number of piperidine rings is 1. The van der Waals surface area contributed by atoms with Crippen molar-refractivity contribution in [2.75, 3.05) is 32.1 Å². The van der Waals surface area contributed by atoms with Gasteiger partial charge in [-0.2, -0.15) is 0 Å². The second kappa shape index (κ2) is 5.92. The Labute approximate surface area is 123 Å². The molecule has 1 aromatic carbocycles. The highest BCUT2D eigenvalue weighted by atomic mass is 79.9. The van der Waals surface area contributed by atoms with Gasteiger partial charge in [0.2, 0.25) is 0 Å². The zero-order valence-corrected chi connectivity index (χ0v) is 13.1. The molecule has 104 valence electrons. The first-order valence-electron chi connectivity index (χ1n) is 6.55. The highest BCUT2D eigenvalue weighted by Crippen LogP contribution is 2.30. The zero-order chi connectivity index (χ0) is 14.0. The summed E-state index contributed by atoms with van der Waals surface area (Å²) in [6.07, 6.45) is 2.40. The Balaban J connectivity index is 2.31. The minimum Gasteiger partial charge on any atom is -0.384 e. The summed E-state index contributed by atoms with van der Waals surface area (Å²) in [5.74, 6) is 0.120. The molecule has 0 amide bonds. The average Bonchev–Trinajstić information content (AvgIpc) is 2.38. The van der Waals surface area contributed by atoms with Gasteiger partial charge in [-0.15, -0.1) is 0 Å². The van der Waals surface area contributed by atoms with Crippen LogP contribution in [0.1, 0.15) is 18.4 Å². The smallest absolute Gasteiger partial charge is 0.126 e. The third kappa shape index (κ3) is 3.09. The Morgan fingerprint density at radius 3 is 2.84 bits per heavy atom. The number of nitrogens with one attached hydrogen (secondary N) is 1. The normalized spacial score (nSPS) is 19.8. The minimum absolute atomic E-state index is 0.120. The molecule has 0 spiro atoms. The fourth-order valence-electron chi connectivity index (χ4n) is 2.64. The molecule has 1 aliphatic heterocycles.